The van der Waals surface area contributed by atoms with Gasteiger partial charge in [-0.2, -0.15) is 0 Å². The highest BCUT2D eigenvalue weighted by Crippen LogP contribution is 2.36. The van der Waals surface area contributed by atoms with Gasteiger partial charge in [0.25, 0.3) is 0 Å². The lowest BCUT2D eigenvalue weighted by molar-refractivity contribution is -0.152. The molecule has 0 aliphatic carbocycles. The monoisotopic (exact) mass is 258 g/mol. The maximum atomic E-state index is 12.0. The Labute approximate surface area is 106 Å². The quantitative estimate of drug-likeness (QED) is 0.441. The molecule has 0 saturated carbocycles. The van der Waals surface area contributed by atoms with Crippen molar-refractivity contribution in [2.75, 3.05) is 6.61 Å². The van der Waals surface area contributed by atoms with Gasteiger partial charge in [-0.05, 0) is 31.0 Å². The number of hydrogen-bond acceptors (Lipinski definition) is 4. The molecule has 0 aromatic rings. The van der Waals surface area contributed by atoms with Crippen molar-refractivity contribution in [1.29, 1.82) is 0 Å². The SMILES string of the molecule is CC(C)CCC1(C(=O)NC(N)=S)CCOC1=O. The summed E-state index contributed by atoms with van der Waals surface area (Å²) in [5.41, 5.74) is 4.17. The molecule has 5 nitrogen and oxygen atoms in total. The van der Waals surface area contributed by atoms with E-state index in [9.17, 15) is 9.59 Å². The molecule has 17 heavy (non-hydrogen) atoms. The summed E-state index contributed by atoms with van der Waals surface area (Å²) in [5.74, 6) is -0.488. The van der Waals surface area contributed by atoms with Gasteiger partial charge in [0.1, 0.15) is 5.41 Å². The number of carbonyl (C=O) groups is 2. The predicted octanol–water partition coefficient (Wildman–Crippen LogP) is 0.716. The normalized spacial score (nSPS) is 23.6. The van der Waals surface area contributed by atoms with Crippen molar-refractivity contribution in [1.82, 2.24) is 5.32 Å². The smallest absolute Gasteiger partial charge is 0.321 e. The van der Waals surface area contributed by atoms with Gasteiger partial charge >= 0.3 is 5.97 Å². The van der Waals surface area contributed by atoms with Crippen LogP contribution in [0, 0.1) is 11.3 Å². The third kappa shape index (κ3) is 3.15. The van der Waals surface area contributed by atoms with Gasteiger partial charge in [0.2, 0.25) is 5.91 Å². The Hall–Kier alpha value is -1.17. The molecule has 1 aliphatic heterocycles. The van der Waals surface area contributed by atoms with Crippen LogP contribution in [0.1, 0.15) is 33.1 Å². The van der Waals surface area contributed by atoms with Crippen molar-refractivity contribution in [3.63, 3.8) is 0 Å². The van der Waals surface area contributed by atoms with Crippen molar-refractivity contribution < 1.29 is 14.3 Å². The molecule has 1 saturated heterocycles. The van der Waals surface area contributed by atoms with E-state index >= 15 is 0 Å². The lowest BCUT2D eigenvalue weighted by Crippen LogP contribution is -2.48. The van der Waals surface area contributed by atoms with Crippen LogP contribution in [0.4, 0.5) is 0 Å². The first kappa shape index (κ1) is 13.9. The van der Waals surface area contributed by atoms with Gasteiger partial charge in [0.05, 0.1) is 6.61 Å². The van der Waals surface area contributed by atoms with Crippen LogP contribution >= 0.6 is 12.2 Å². The zero-order valence-corrected chi connectivity index (χ0v) is 10.9. The van der Waals surface area contributed by atoms with Crippen LogP contribution in [0.5, 0.6) is 0 Å². The second kappa shape index (κ2) is 5.44. The molecule has 1 unspecified atom stereocenters. The van der Waals surface area contributed by atoms with Crippen molar-refractivity contribution >= 4 is 29.2 Å². The van der Waals surface area contributed by atoms with Crippen LogP contribution in [0.15, 0.2) is 0 Å². The van der Waals surface area contributed by atoms with Gasteiger partial charge in [-0.1, -0.05) is 13.8 Å². The summed E-state index contributed by atoms with van der Waals surface area (Å²) in [6.45, 7) is 4.36. The lowest BCUT2D eigenvalue weighted by Gasteiger charge is -2.23. The Morgan fingerprint density at radius 1 is 1.65 bits per heavy atom. The summed E-state index contributed by atoms with van der Waals surface area (Å²) in [7, 11) is 0. The third-order valence-electron chi connectivity index (χ3n) is 2.97. The third-order valence-corrected chi connectivity index (χ3v) is 3.07. The zero-order chi connectivity index (χ0) is 13.1. The summed E-state index contributed by atoms with van der Waals surface area (Å²) < 4.78 is 4.92. The van der Waals surface area contributed by atoms with E-state index in [0.717, 1.165) is 6.42 Å². The standard InChI is InChI=1S/C11H18N2O3S/c1-7(2)3-4-11(5-6-16-9(11)15)8(14)13-10(12)17/h7H,3-6H2,1-2H3,(H3,12,13,14,17). The topological polar surface area (TPSA) is 81.4 Å². The molecule has 3 N–H and O–H groups in total. The molecule has 1 atom stereocenters. The van der Waals surface area contributed by atoms with E-state index < -0.39 is 17.3 Å². The summed E-state index contributed by atoms with van der Waals surface area (Å²) in [5, 5.41) is 2.24. The first-order chi connectivity index (χ1) is 7.88. The number of amides is 1. The molecule has 1 amide bonds. The van der Waals surface area contributed by atoms with Gasteiger partial charge in [0.15, 0.2) is 5.11 Å². The Kier molecular flexibility index (Phi) is 4.45. The Balaban J connectivity index is 2.82. The van der Waals surface area contributed by atoms with Gasteiger partial charge in [-0.15, -0.1) is 0 Å². The number of esters is 1. The first-order valence-electron chi connectivity index (χ1n) is 5.66. The number of nitrogens with one attached hydrogen (secondary N) is 1. The van der Waals surface area contributed by atoms with Gasteiger partial charge in [-0.25, -0.2) is 0 Å². The molecule has 1 aliphatic rings. The number of hydrogen-bond donors (Lipinski definition) is 2. The summed E-state index contributed by atoms with van der Waals surface area (Å²) in [4.78, 5) is 23.8. The highest BCUT2D eigenvalue weighted by atomic mass is 32.1. The van der Waals surface area contributed by atoms with E-state index in [4.69, 9.17) is 10.5 Å². The van der Waals surface area contributed by atoms with E-state index in [1.54, 1.807) is 0 Å². The fourth-order valence-electron chi connectivity index (χ4n) is 1.87. The van der Waals surface area contributed by atoms with Crippen molar-refractivity contribution in [2.45, 2.75) is 33.1 Å². The molecule has 96 valence electrons. The zero-order valence-electron chi connectivity index (χ0n) is 10.1. The molecule has 1 rings (SSSR count). The van der Waals surface area contributed by atoms with Crippen LogP contribution in [0.2, 0.25) is 0 Å². The van der Waals surface area contributed by atoms with E-state index in [1.807, 2.05) is 13.8 Å². The Morgan fingerprint density at radius 3 is 2.71 bits per heavy atom. The minimum absolute atomic E-state index is 0.112. The van der Waals surface area contributed by atoms with Crippen LogP contribution in [0.3, 0.4) is 0 Å². The fourth-order valence-corrected chi connectivity index (χ4v) is 1.96. The average molecular weight is 258 g/mol. The number of nitrogens with two attached hydrogens (primary N) is 1. The number of ether oxygens (including phenoxy) is 1. The number of rotatable bonds is 4. The maximum absolute atomic E-state index is 12.0. The molecule has 0 radical (unpaired) electrons. The van der Waals surface area contributed by atoms with Crippen LogP contribution in [-0.4, -0.2) is 23.6 Å². The van der Waals surface area contributed by atoms with E-state index in [-0.39, 0.29) is 11.7 Å². The molecule has 0 spiro atoms. The van der Waals surface area contributed by atoms with Gasteiger partial charge in [0, 0.05) is 6.42 Å². The van der Waals surface area contributed by atoms with Crippen LogP contribution in [0.25, 0.3) is 0 Å². The van der Waals surface area contributed by atoms with E-state index in [1.165, 1.54) is 0 Å². The predicted molar refractivity (Wildman–Crippen MR) is 67.0 cm³/mol. The van der Waals surface area contributed by atoms with E-state index in [2.05, 4.69) is 17.5 Å². The second-order valence-corrected chi connectivity index (χ2v) is 5.16. The van der Waals surface area contributed by atoms with Crippen molar-refractivity contribution in [3.05, 3.63) is 0 Å². The molecule has 6 heteroatoms. The van der Waals surface area contributed by atoms with Crippen LogP contribution < -0.4 is 11.1 Å². The summed E-state index contributed by atoms with van der Waals surface area (Å²) >= 11 is 4.62. The summed E-state index contributed by atoms with van der Waals surface area (Å²) in [6.07, 6.45) is 1.64. The summed E-state index contributed by atoms with van der Waals surface area (Å²) in [6, 6.07) is 0. The van der Waals surface area contributed by atoms with Crippen molar-refractivity contribution in [2.24, 2.45) is 17.1 Å². The molecule has 0 bridgehead atoms. The van der Waals surface area contributed by atoms with Crippen molar-refractivity contribution in [3.8, 4) is 0 Å². The number of carbonyl (C=O) groups excluding carboxylic acids is 2. The minimum atomic E-state index is -1.10. The first-order valence-corrected chi connectivity index (χ1v) is 6.07. The second-order valence-electron chi connectivity index (χ2n) is 4.72. The molecule has 1 heterocycles. The van der Waals surface area contributed by atoms with Gasteiger partial charge in [-0.3, -0.25) is 9.59 Å². The largest absolute Gasteiger partial charge is 0.465 e. The number of thiocarbonyl (C=S) groups is 1. The van der Waals surface area contributed by atoms with E-state index in [0.29, 0.717) is 18.8 Å². The molecule has 0 aromatic heterocycles. The fraction of sp³-hybridized carbons (Fsp3) is 0.727. The lowest BCUT2D eigenvalue weighted by atomic mass is 9.79. The molecular formula is C11H18N2O3S. The maximum Gasteiger partial charge on any atom is 0.321 e. The Morgan fingerprint density at radius 2 is 2.29 bits per heavy atom. The molecule has 0 aromatic carbocycles. The highest BCUT2D eigenvalue weighted by Gasteiger charge is 2.50. The highest BCUT2D eigenvalue weighted by molar-refractivity contribution is 7.80. The minimum Gasteiger partial charge on any atom is -0.465 e. The molecule has 1 fully saturated rings. The van der Waals surface area contributed by atoms with Gasteiger partial charge < -0.3 is 15.8 Å². The average Bonchev–Trinajstić information content (AvgIpc) is 2.57. The molecular weight excluding hydrogens is 240 g/mol. The van der Waals surface area contributed by atoms with Crippen LogP contribution in [-0.2, 0) is 14.3 Å². The number of cyclic esters (lactones) is 1. The Bertz CT molecular complexity index is 344.